The van der Waals surface area contributed by atoms with Crippen molar-refractivity contribution in [1.29, 1.82) is 0 Å². The van der Waals surface area contributed by atoms with Crippen LogP contribution in [-0.2, 0) is 0 Å². The standard InChI is InChI=1S/C31H36N2O6/c1-17-7-5-8-18-9-6-12-24(25(17)18)33-29(35)21-14-13-20(28(34)32-19-10-3-2-4-11-19)26-22(30(36)37)15-16-23(27(21)26)31(38)39/h13-17,19,24H,2-12H2,1H3,(H,32,34)(H,33,35)(H,36,37)(H,38,39). The van der Waals surface area contributed by atoms with Gasteiger partial charge >= 0.3 is 11.9 Å². The monoisotopic (exact) mass is 532 g/mol. The smallest absolute Gasteiger partial charge is 0.336 e. The van der Waals surface area contributed by atoms with Gasteiger partial charge in [-0.1, -0.05) is 31.8 Å². The van der Waals surface area contributed by atoms with Gasteiger partial charge in [0.25, 0.3) is 11.8 Å². The SMILES string of the molecule is CC1CCCC2=C1C(NC(=O)c1ccc(C(=O)NC3CCCCC3)c3c(C(=O)O)ccc(C(=O)O)c13)CCC2. The fraction of sp³-hybridized carbons (Fsp3) is 0.484. The Morgan fingerprint density at radius 2 is 1.18 bits per heavy atom. The van der Waals surface area contributed by atoms with E-state index in [4.69, 9.17) is 0 Å². The van der Waals surface area contributed by atoms with Gasteiger partial charge in [-0.25, -0.2) is 9.59 Å². The molecule has 0 saturated heterocycles. The first-order valence-corrected chi connectivity index (χ1v) is 14.2. The van der Waals surface area contributed by atoms with Crippen molar-refractivity contribution in [3.05, 3.63) is 57.7 Å². The number of carboxylic acid groups (broad SMARTS) is 2. The molecule has 2 unspecified atom stereocenters. The average Bonchev–Trinajstić information content (AvgIpc) is 2.92. The number of rotatable bonds is 6. The molecule has 2 atom stereocenters. The normalized spacial score (nSPS) is 21.8. The van der Waals surface area contributed by atoms with E-state index in [1.807, 2.05) is 0 Å². The van der Waals surface area contributed by atoms with Gasteiger partial charge in [-0.15, -0.1) is 0 Å². The van der Waals surface area contributed by atoms with Crippen LogP contribution < -0.4 is 10.6 Å². The minimum absolute atomic E-state index is 0.0158. The van der Waals surface area contributed by atoms with E-state index in [2.05, 4.69) is 17.6 Å². The maximum Gasteiger partial charge on any atom is 0.336 e. The van der Waals surface area contributed by atoms with Crippen molar-refractivity contribution in [3.8, 4) is 0 Å². The Morgan fingerprint density at radius 1 is 0.667 bits per heavy atom. The van der Waals surface area contributed by atoms with Crippen LogP contribution in [0.4, 0.5) is 0 Å². The van der Waals surface area contributed by atoms with E-state index in [0.29, 0.717) is 5.92 Å². The number of hydrogen-bond donors (Lipinski definition) is 4. The third kappa shape index (κ3) is 5.29. The molecule has 0 aromatic heterocycles. The van der Waals surface area contributed by atoms with Gasteiger partial charge in [0.2, 0.25) is 0 Å². The fourth-order valence-electron chi connectivity index (χ4n) is 6.93. The van der Waals surface area contributed by atoms with Gasteiger partial charge in [0.05, 0.1) is 17.2 Å². The number of carbonyl (C=O) groups excluding carboxylic acids is 2. The van der Waals surface area contributed by atoms with Gasteiger partial charge in [-0.05, 0) is 87.1 Å². The number of carboxylic acids is 2. The van der Waals surface area contributed by atoms with E-state index in [0.717, 1.165) is 70.6 Å². The molecule has 1 fully saturated rings. The molecule has 2 amide bonds. The first kappa shape index (κ1) is 26.9. The Labute approximate surface area is 227 Å². The first-order valence-electron chi connectivity index (χ1n) is 14.2. The fourth-order valence-corrected chi connectivity index (χ4v) is 6.93. The Bertz CT molecular complexity index is 1370. The highest BCUT2D eigenvalue weighted by Gasteiger charge is 2.32. The van der Waals surface area contributed by atoms with E-state index in [-0.39, 0.29) is 45.1 Å². The number of fused-ring (bicyclic) bond motifs is 1. The number of carbonyl (C=O) groups is 4. The molecule has 4 N–H and O–H groups in total. The van der Waals surface area contributed by atoms with Crippen molar-refractivity contribution in [2.75, 3.05) is 0 Å². The van der Waals surface area contributed by atoms with E-state index < -0.39 is 23.8 Å². The van der Waals surface area contributed by atoms with E-state index in [1.165, 1.54) is 35.4 Å². The number of allylic oxidation sites excluding steroid dienone is 1. The van der Waals surface area contributed by atoms with Crippen LogP contribution in [0, 0.1) is 5.92 Å². The maximum atomic E-state index is 13.8. The Hall–Kier alpha value is -3.68. The lowest BCUT2D eigenvalue weighted by Crippen LogP contribution is -2.41. The minimum atomic E-state index is -1.29. The van der Waals surface area contributed by atoms with Crippen LogP contribution in [-0.4, -0.2) is 46.0 Å². The summed E-state index contributed by atoms with van der Waals surface area (Å²) in [5.74, 6) is -3.13. The van der Waals surface area contributed by atoms with Crippen LogP contribution >= 0.6 is 0 Å². The first-order chi connectivity index (χ1) is 18.8. The van der Waals surface area contributed by atoms with Crippen molar-refractivity contribution in [2.45, 2.75) is 89.6 Å². The number of amides is 2. The van der Waals surface area contributed by atoms with Gasteiger partial charge in [-0.3, -0.25) is 9.59 Å². The van der Waals surface area contributed by atoms with Gasteiger partial charge < -0.3 is 20.8 Å². The van der Waals surface area contributed by atoms with Crippen LogP contribution in [0.1, 0.15) is 119 Å². The molecule has 0 aliphatic heterocycles. The van der Waals surface area contributed by atoms with Crippen LogP contribution in [0.5, 0.6) is 0 Å². The highest BCUT2D eigenvalue weighted by atomic mass is 16.4. The topological polar surface area (TPSA) is 133 Å². The molecular weight excluding hydrogens is 496 g/mol. The van der Waals surface area contributed by atoms with Crippen molar-refractivity contribution in [3.63, 3.8) is 0 Å². The van der Waals surface area contributed by atoms with Crippen LogP contribution in [0.15, 0.2) is 35.4 Å². The molecule has 0 spiro atoms. The predicted octanol–water partition coefficient (Wildman–Crippen LogP) is 5.70. The van der Waals surface area contributed by atoms with Crippen LogP contribution in [0.3, 0.4) is 0 Å². The molecule has 2 aromatic carbocycles. The second-order valence-corrected chi connectivity index (χ2v) is 11.3. The molecule has 2 aromatic rings. The van der Waals surface area contributed by atoms with Gasteiger partial charge in [-0.2, -0.15) is 0 Å². The summed E-state index contributed by atoms with van der Waals surface area (Å²) in [6.45, 7) is 2.19. The second kappa shape index (κ2) is 11.2. The van der Waals surface area contributed by atoms with E-state index in [9.17, 15) is 29.4 Å². The average molecular weight is 533 g/mol. The molecule has 5 rings (SSSR count). The molecule has 1 saturated carbocycles. The van der Waals surface area contributed by atoms with Gasteiger partial charge in [0.1, 0.15) is 0 Å². The second-order valence-electron chi connectivity index (χ2n) is 11.3. The zero-order valence-electron chi connectivity index (χ0n) is 22.3. The third-order valence-corrected chi connectivity index (χ3v) is 8.76. The summed E-state index contributed by atoms with van der Waals surface area (Å²) in [5, 5.41) is 26.2. The summed E-state index contributed by atoms with van der Waals surface area (Å²) in [5.41, 5.74) is 2.43. The molecule has 0 radical (unpaired) electrons. The highest BCUT2D eigenvalue weighted by molar-refractivity contribution is 6.23. The van der Waals surface area contributed by atoms with Gasteiger partial charge in [0, 0.05) is 27.9 Å². The number of nitrogens with one attached hydrogen (secondary N) is 2. The summed E-state index contributed by atoms with van der Waals surface area (Å²) >= 11 is 0. The highest BCUT2D eigenvalue weighted by Crippen LogP contribution is 2.39. The van der Waals surface area contributed by atoms with Crippen molar-refractivity contribution < 1.29 is 29.4 Å². The van der Waals surface area contributed by atoms with Crippen molar-refractivity contribution in [1.82, 2.24) is 10.6 Å². The Balaban J connectivity index is 1.60. The summed E-state index contributed by atoms with van der Waals surface area (Å²) in [6, 6.07) is 5.17. The quantitative estimate of drug-likeness (QED) is 0.353. The number of hydrogen-bond acceptors (Lipinski definition) is 4. The Kier molecular flexibility index (Phi) is 7.73. The summed E-state index contributed by atoms with van der Waals surface area (Å²) in [7, 11) is 0. The Morgan fingerprint density at radius 3 is 1.74 bits per heavy atom. The lowest BCUT2D eigenvalue weighted by molar-refractivity contribution is 0.0684. The maximum absolute atomic E-state index is 13.8. The summed E-state index contributed by atoms with van der Waals surface area (Å²) in [4.78, 5) is 51.8. The zero-order chi connectivity index (χ0) is 27.7. The third-order valence-electron chi connectivity index (χ3n) is 8.76. The molecule has 206 valence electrons. The molecule has 0 heterocycles. The summed E-state index contributed by atoms with van der Waals surface area (Å²) < 4.78 is 0. The van der Waals surface area contributed by atoms with Crippen LogP contribution in [0.25, 0.3) is 10.8 Å². The molecule has 3 aliphatic carbocycles. The molecule has 8 nitrogen and oxygen atoms in total. The molecule has 0 bridgehead atoms. The predicted molar refractivity (Wildman–Crippen MR) is 147 cm³/mol. The minimum Gasteiger partial charge on any atom is -0.478 e. The van der Waals surface area contributed by atoms with Crippen molar-refractivity contribution >= 4 is 34.5 Å². The molecule has 39 heavy (non-hydrogen) atoms. The zero-order valence-corrected chi connectivity index (χ0v) is 22.3. The summed E-state index contributed by atoms with van der Waals surface area (Å²) in [6.07, 6.45) is 10.9. The molecular formula is C31H36N2O6. The van der Waals surface area contributed by atoms with Crippen molar-refractivity contribution in [2.24, 2.45) is 5.92 Å². The lowest BCUT2D eigenvalue weighted by Gasteiger charge is -2.36. The number of benzene rings is 2. The van der Waals surface area contributed by atoms with Crippen LogP contribution in [0.2, 0.25) is 0 Å². The van der Waals surface area contributed by atoms with Gasteiger partial charge in [0.15, 0.2) is 0 Å². The molecule has 8 heteroatoms. The largest absolute Gasteiger partial charge is 0.478 e. The van der Waals surface area contributed by atoms with E-state index in [1.54, 1.807) is 0 Å². The lowest BCUT2D eigenvalue weighted by atomic mass is 9.74. The molecule has 3 aliphatic rings. The van der Waals surface area contributed by atoms with E-state index >= 15 is 0 Å². The number of aromatic carboxylic acids is 2.